The SMILES string of the molecule is Cc1cccc2c1NC(C(=O)NC(C1CC1)C1NCC(CCNC(=O)CC3CCCNC3)CC1C)C2. The molecular weight excluding hydrogens is 450 g/mol. The molecule has 0 radical (unpaired) electrons. The standard InChI is InChI=1S/C29H45N5O2/c1-18-5-3-7-23-15-24(33-26(18)23)29(36)34-28(22-8-9-22)27-19(2)13-21(17-32-27)10-12-31-25(35)14-20-6-4-11-30-16-20/h3,5,7,19-22,24,27-28,30,32-33H,4,6,8-17H2,1-2H3,(H,31,35)(H,34,36). The lowest BCUT2D eigenvalue weighted by atomic mass is 9.80. The van der Waals surface area contributed by atoms with Gasteiger partial charge in [0.15, 0.2) is 0 Å². The number of para-hydroxylation sites is 1. The van der Waals surface area contributed by atoms with Crippen LogP contribution in [0.15, 0.2) is 18.2 Å². The first-order chi connectivity index (χ1) is 17.5. The first-order valence-electron chi connectivity index (χ1n) is 14.3. The van der Waals surface area contributed by atoms with Gasteiger partial charge >= 0.3 is 0 Å². The summed E-state index contributed by atoms with van der Waals surface area (Å²) in [5.74, 6) is 2.47. The molecule has 0 aromatic heterocycles. The average molecular weight is 496 g/mol. The molecule has 3 fully saturated rings. The lowest BCUT2D eigenvalue weighted by molar-refractivity contribution is -0.123. The van der Waals surface area contributed by atoms with Gasteiger partial charge in [-0.15, -0.1) is 0 Å². The van der Waals surface area contributed by atoms with Crippen molar-refractivity contribution in [2.75, 3.05) is 31.5 Å². The maximum absolute atomic E-state index is 13.3. The number of hydrogen-bond acceptors (Lipinski definition) is 5. The Morgan fingerprint density at radius 3 is 2.72 bits per heavy atom. The van der Waals surface area contributed by atoms with Crippen LogP contribution in [0.3, 0.4) is 0 Å². The predicted octanol–water partition coefficient (Wildman–Crippen LogP) is 2.74. The quantitative estimate of drug-likeness (QED) is 0.363. The fourth-order valence-electron chi connectivity index (χ4n) is 6.74. The maximum atomic E-state index is 13.3. The number of fused-ring (bicyclic) bond motifs is 1. The third-order valence-electron chi connectivity index (χ3n) is 8.95. The van der Waals surface area contributed by atoms with Crippen LogP contribution < -0.4 is 26.6 Å². The lowest BCUT2D eigenvalue weighted by Gasteiger charge is -2.40. The molecule has 6 unspecified atom stereocenters. The molecule has 198 valence electrons. The van der Waals surface area contributed by atoms with Crippen LogP contribution in [0.4, 0.5) is 5.69 Å². The molecule has 1 aromatic carbocycles. The molecule has 7 nitrogen and oxygen atoms in total. The van der Waals surface area contributed by atoms with Gasteiger partial charge in [0.2, 0.25) is 11.8 Å². The van der Waals surface area contributed by atoms with Gasteiger partial charge in [0.25, 0.3) is 0 Å². The third kappa shape index (κ3) is 6.23. The van der Waals surface area contributed by atoms with Crippen molar-refractivity contribution in [1.82, 2.24) is 21.3 Å². The minimum Gasteiger partial charge on any atom is -0.373 e. The van der Waals surface area contributed by atoms with Gasteiger partial charge in [-0.25, -0.2) is 0 Å². The number of carbonyl (C=O) groups excluding carboxylic acids is 2. The van der Waals surface area contributed by atoms with Gasteiger partial charge in [0, 0.05) is 37.2 Å². The summed E-state index contributed by atoms with van der Waals surface area (Å²) < 4.78 is 0. The van der Waals surface area contributed by atoms with Crippen molar-refractivity contribution in [3.8, 4) is 0 Å². The molecule has 4 aliphatic rings. The van der Waals surface area contributed by atoms with E-state index in [4.69, 9.17) is 0 Å². The van der Waals surface area contributed by atoms with Crippen LogP contribution in [0.2, 0.25) is 0 Å². The normalized spacial score (nSPS) is 30.7. The van der Waals surface area contributed by atoms with Crippen molar-refractivity contribution in [2.45, 2.75) is 83.3 Å². The van der Waals surface area contributed by atoms with Gasteiger partial charge in [0.05, 0.1) is 0 Å². The summed E-state index contributed by atoms with van der Waals surface area (Å²) >= 11 is 0. The summed E-state index contributed by atoms with van der Waals surface area (Å²) in [5, 5.41) is 17.3. The van der Waals surface area contributed by atoms with Crippen LogP contribution in [-0.2, 0) is 16.0 Å². The first kappa shape index (κ1) is 25.5. The highest BCUT2D eigenvalue weighted by molar-refractivity contribution is 5.88. The highest BCUT2D eigenvalue weighted by atomic mass is 16.2. The summed E-state index contributed by atoms with van der Waals surface area (Å²) in [6, 6.07) is 6.64. The van der Waals surface area contributed by atoms with Crippen LogP contribution in [0.5, 0.6) is 0 Å². The Labute approximate surface area is 216 Å². The number of carbonyl (C=O) groups is 2. The first-order valence-corrected chi connectivity index (χ1v) is 14.3. The van der Waals surface area contributed by atoms with Gasteiger partial charge in [-0.05, 0) is 99.9 Å². The lowest BCUT2D eigenvalue weighted by Crippen LogP contribution is -2.59. The minimum absolute atomic E-state index is 0.134. The second kappa shape index (κ2) is 11.5. The number of hydrogen-bond donors (Lipinski definition) is 5. The van der Waals surface area contributed by atoms with E-state index in [-0.39, 0.29) is 23.9 Å². The van der Waals surface area contributed by atoms with Crippen molar-refractivity contribution >= 4 is 17.5 Å². The van der Waals surface area contributed by atoms with Crippen LogP contribution in [-0.4, -0.2) is 56.1 Å². The molecule has 5 N–H and O–H groups in total. The van der Waals surface area contributed by atoms with E-state index in [1.165, 1.54) is 30.4 Å². The Bertz CT molecular complexity index is 926. The molecule has 3 heterocycles. The fraction of sp³-hybridized carbons (Fsp3) is 0.724. The predicted molar refractivity (Wildman–Crippen MR) is 144 cm³/mol. The van der Waals surface area contributed by atoms with Gasteiger partial charge in [-0.1, -0.05) is 25.1 Å². The average Bonchev–Trinajstić information content (AvgIpc) is 3.61. The van der Waals surface area contributed by atoms with Gasteiger partial charge < -0.3 is 26.6 Å². The highest BCUT2D eigenvalue weighted by Gasteiger charge is 2.43. The Morgan fingerprint density at radius 1 is 1.14 bits per heavy atom. The van der Waals surface area contributed by atoms with E-state index in [0.29, 0.717) is 36.1 Å². The zero-order valence-electron chi connectivity index (χ0n) is 22.1. The number of aryl methyl sites for hydroxylation is 1. The van der Waals surface area contributed by atoms with Crippen LogP contribution >= 0.6 is 0 Å². The highest BCUT2D eigenvalue weighted by Crippen LogP contribution is 2.38. The summed E-state index contributed by atoms with van der Waals surface area (Å²) in [7, 11) is 0. The number of anilines is 1. The number of nitrogens with one attached hydrogen (secondary N) is 5. The topological polar surface area (TPSA) is 94.3 Å². The molecule has 6 atom stereocenters. The smallest absolute Gasteiger partial charge is 0.243 e. The van der Waals surface area contributed by atoms with E-state index in [0.717, 1.165) is 57.5 Å². The largest absolute Gasteiger partial charge is 0.373 e. The van der Waals surface area contributed by atoms with Crippen LogP contribution in [0, 0.1) is 30.6 Å². The van der Waals surface area contributed by atoms with Gasteiger partial charge in [0.1, 0.15) is 6.04 Å². The second-order valence-electron chi connectivity index (χ2n) is 12.0. The molecule has 36 heavy (non-hydrogen) atoms. The van der Waals surface area contributed by atoms with E-state index in [9.17, 15) is 9.59 Å². The Morgan fingerprint density at radius 2 is 2.00 bits per heavy atom. The summed E-state index contributed by atoms with van der Waals surface area (Å²) in [6.07, 6.45) is 8.33. The fourth-order valence-corrected chi connectivity index (χ4v) is 6.74. The molecule has 3 aliphatic heterocycles. The third-order valence-corrected chi connectivity index (χ3v) is 8.95. The van der Waals surface area contributed by atoms with Crippen molar-refractivity contribution in [3.05, 3.63) is 29.3 Å². The minimum atomic E-state index is -0.179. The van der Waals surface area contributed by atoms with Crippen LogP contribution in [0.25, 0.3) is 0 Å². The molecule has 2 amide bonds. The van der Waals surface area contributed by atoms with Gasteiger partial charge in [-0.2, -0.15) is 0 Å². The number of amides is 2. The zero-order valence-corrected chi connectivity index (χ0v) is 22.1. The Hall–Kier alpha value is -2.12. The Kier molecular flexibility index (Phi) is 8.16. The van der Waals surface area contributed by atoms with E-state index in [2.05, 4.69) is 58.6 Å². The van der Waals surface area contributed by atoms with E-state index < -0.39 is 0 Å². The molecular formula is C29H45N5O2. The van der Waals surface area contributed by atoms with Crippen molar-refractivity contribution in [3.63, 3.8) is 0 Å². The number of benzene rings is 1. The molecule has 7 heteroatoms. The molecule has 0 spiro atoms. The van der Waals surface area contributed by atoms with E-state index in [1.807, 2.05) is 0 Å². The molecule has 5 rings (SSSR count). The van der Waals surface area contributed by atoms with E-state index >= 15 is 0 Å². The van der Waals surface area contributed by atoms with Crippen molar-refractivity contribution < 1.29 is 9.59 Å². The van der Waals surface area contributed by atoms with Crippen LogP contribution in [0.1, 0.15) is 63.0 Å². The van der Waals surface area contributed by atoms with Gasteiger partial charge in [-0.3, -0.25) is 9.59 Å². The monoisotopic (exact) mass is 495 g/mol. The maximum Gasteiger partial charge on any atom is 0.243 e. The van der Waals surface area contributed by atoms with E-state index in [1.54, 1.807) is 0 Å². The van der Waals surface area contributed by atoms with Crippen molar-refractivity contribution in [1.29, 1.82) is 0 Å². The Balaban J connectivity index is 1.07. The van der Waals surface area contributed by atoms with Crippen molar-refractivity contribution in [2.24, 2.45) is 23.7 Å². The second-order valence-corrected chi connectivity index (χ2v) is 12.0. The molecule has 2 saturated heterocycles. The molecule has 1 saturated carbocycles. The number of rotatable bonds is 9. The number of piperidine rings is 2. The molecule has 1 aliphatic carbocycles. The zero-order chi connectivity index (χ0) is 25.1. The molecule has 0 bridgehead atoms. The summed E-state index contributed by atoms with van der Waals surface area (Å²) in [5.41, 5.74) is 3.58. The summed E-state index contributed by atoms with van der Waals surface area (Å²) in [4.78, 5) is 25.6. The summed E-state index contributed by atoms with van der Waals surface area (Å²) in [6.45, 7) is 8.21. The molecule has 1 aromatic rings.